The van der Waals surface area contributed by atoms with Crippen molar-refractivity contribution in [1.29, 1.82) is 0 Å². The quantitative estimate of drug-likeness (QED) is 0.744. The number of rotatable bonds is 5. The van der Waals surface area contributed by atoms with Crippen LogP contribution in [-0.4, -0.2) is 73.7 Å². The Morgan fingerprint density at radius 3 is 2.52 bits per heavy atom. The number of carbonyl (C=O) groups excluding carboxylic acids is 2. The third-order valence-corrected chi connectivity index (χ3v) is 6.08. The summed E-state index contributed by atoms with van der Waals surface area (Å²) in [4.78, 5) is 29.8. The van der Waals surface area contributed by atoms with E-state index in [4.69, 9.17) is 9.47 Å². The van der Waals surface area contributed by atoms with Crippen molar-refractivity contribution in [3.63, 3.8) is 0 Å². The van der Waals surface area contributed by atoms with E-state index in [0.717, 1.165) is 29.5 Å². The SMILES string of the molecule is CN(C)C(=O)C1(Cc2ccccc2-c2ccccc2)CN(C(=O)C2CCCO2)CCO1. The van der Waals surface area contributed by atoms with E-state index < -0.39 is 11.7 Å². The monoisotopic (exact) mass is 422 g/mol. The van der Waals surface area contributed by atoms with Gasteiger partial charge in [0.25, 0.3) is 11.8 Å². The fraction of sp³-hybridized carbons (Fsp3) is 0.440. The van der Waals surface area contributed by atoms with Crippen LogP contribution in [0.25, 0.3) is 11.1 Å². The Bertz CT molecular complexity index is 924. The summed E-state index contributed by atoms with van der Waals surface area (Å²) in [6.45, 7) is 1.64. The second-order valence-electron chi connectivity index (χ2n) is 8.50. The van der Waals surface area contributed by atoms with Gasteiger partial charge in [0, 0.05) is 33.7 Å². The molecule has 2 aromatic carbocycles. The Morgan fingerprint density at radius 1 is 1.06 bits per heavy atom. The van der Waals surface area contributed by atoms with E-state index in [2.05, 4.69) is 18.2 Å². The summed E-state index contributed by atoms with van der Waals surface area (Å²) < 4.78 is 11.8. The van der Waals surface area contributed by atoms with Crippen LogP contribution < -0.4 is 0 Å². The van der Waals surface area contributed by atoms with Crippen molar-refractivity contribution >= 4 is 11.8 Å². The normalized spacial score (nSPS) is 23.5. The number of carbonyl (C=O) groups is 2. The summed E-state index contributed by atoms with van der Waals surface area (Å²) in [6, 6.07) is 18.2. The first kappa shape index (κ1) is 21.5. The van der Waals surface area contributed by atoms with Gasteiger partial charge in [-0.25, -0.2) is 0 Å². The lowest BCUT2D eigenvalue weighted by Gasteiger charge is -2.43. The molecule has 2 amide bonds. The zero-order valence-corrected chi connectivity index (χ0v) is 18.3. The third-order valence-electron chi connectivity index (χ3n) is 6.08. The van der Waals surface area contributed by atoms with Gasteiger partial charge in [-0.1, -0.05) is 54.6 Å². The maximum absolute atomic E-state index is 13.4. The van der Waals surface area contributed by atoms with E-state index in [1.807, 2.05) is 36.4 Å². The molecule has 0 spiro atoms. The Morgan fingerprint density at radius 2 is 1.81 bits per heavy atom. The van der Waals surface area contributed by atoms with E-state index in [0.29, 0.717) is 26.2 Å². The molecule has 0 radical (unpaired) electrons. The maximum atomic E-state index is 13.4. The van der Waals surface area contributed by atoms with Gasteiger partial charge in [-0.15, -0.1) is 0 Å². The van der Waals surface area contributed by atoms with Crippen LogP contribution in [0.5, 0.6) is 0 Å². The summed E-state index contributed by atoms with van der Waals surface area (Å²) in [5.41, 5.74) is 2.06. The molecular formula is C25H30N2O4. The van der Waals surface area contributed by atoms with Crippen molar-refractivity contribution in [2.24, 2.45) is 0 Å². The van der Waals surface area contributed by atoms with Crippen LogP contribution in [0.4, 0.5) is 0 Å². The Hall–Kier alpha value is -2.70. The molecule has 0 aromatic heterocycles. The molecule has 2 aromatic rings. The van der Waals surface area contributed by atoms with Crippen LogP contribution in [0.3, 0.4) is 0 Å². The molecule has 2 aliphatic heterocycles. The van der Waals surface area contributed by atoms with Gasteiger partial charge >= 0.3 is 0 Å². The van der Waals surface area contributed by atoms with Crippen molar-refractivity contribution in [1.82, 2.24) is 9.80 Å². The first-order chi connectivity index (χ1) is 15.0. The molecule has 31 heavy (non-hydrogen) atoms. The summed E-state index contributed by atoms with van der Waals surface area (Å²) in [5.74, 6) is -0.159. The highest BCUT2D eigenvalue weighted by molar-refractivity contribution is 5.88. The molecule has 2 heterocycles. The van der Waals surface area contributed by atoms with E-state index in [9.17, 15) is 9.59 Å². The van der Waals surface area contributed by atoms with Crippen LogP contribution in [0.2, 0.25) is 0 Å². The lowest BCUT2D eigenvalue weighted by atomic mass is 9.87. The molecule has 2 saturated heterocycles. The largest absolute Gasteiger partial charge is 0.368 e. The van der Waals surface area contributed by atoms with Crippen molar-refractivity contribution < 1.29 is 19.1 Å². The number of hydrogen-bond donors (Lipinski definition) is 0. The van der Waals surface area contributed by atoms with Crippen LogP contribution >= 0.6 is 0 Å². The van der Waals surface area contributed by atoms with Crippen molar-refractivity contribution in [3.8, 4) is 11.1 Å². The predicted octanol–water partition coefficient (Wildman–Crippen LogP) is 2.76. The zero-order chi connectivity index (χ0) is 21.8. The summed E-state index contributed by atoms with van der Waals surface area (Å²) in [6.07, 6.45) is 1.63. The first-order valence-electron chi connectivity index (χ1n) is 10.9. The van der Waals surface area contributed by atoms with Crippen LogP contribution in [0.15, 0.2) is 54.6 Å². The summed E-state index contributed by atoms with van der Waals surface area (Å²) in [5, 5.41) is 0. The van der Waals surface area contributed by atoms with Gasteiger partial charge < -0.3 is 19.3 Å². The van der Waals surface area contributed by atoms with Gasteiger partial charge in [-0.3, -0.25) is 9.59 Å². The standard InChI is InChI=1S/C25H30N2O4/c1-26(2)24(29)25(18-27(14-16-31-25)23(28)22-13-8-15-30-22)17-20-11-6-7-12-21(20)19-9-4-3-5-10-19/h3-7,9-12,22H,8,13-18H2,1-2H3. The number of amides is 2. The second-order valence-corrected chi connectivity index (χ2v) is 8.50. The van der Waals surface area contributed by atoms with E-state index >= 15 is 0 Å². The van der Waals surface area contributed by atoms with Gasteiger partial charge in [0.2, 0.25) is 0 Å². The molecule has 2 aliphatic rings. The number of likely N-dealkylation sites (N-methyl/N-ethyl adjacent to an activating group) is 1. The molecule has 0 N–H and O–H groups in total. The smallest absolute Gasteiger partial charge is 0.256 e. The average Bonchev–Trinajstić information content (AvgIpc) is 3.34. The van der Waals surface area contributed by atoms with Crippen LogP contribution in [-0.2, 0) is 25.5 Å². The second kappa shape index (κ2) is 9.20. The third kappa shape index (κ3) is 4.50. The minimum Gasteiger partial charge on any atom is -0.368 e. The van der Waals surface area contributed by atoms with Crippen molar-refractivity contribution in [3.05, 3.63) is 60.2 Å². The topological polar surface area (TPSA) is 59.1 Å². The molecule has 0 saturated carbocycles. The minimum absolute atomic E-state index is 0.0342. The predicted molar refractivity (Wildman–Crippen MR) is 119 cm³/mol. The zero-order valence-electron chi connectivity index (χ0n) is 18.3. The molecule has 6 heteroatoms. The lowest BCUT2D eigenvalue weighted by Crippen LogP contribution is -2.62. The van der Waals surface area contributed by atoms with Crippen LogP contribution in [0.1, 0.15) is 18.4 Å². The van der Waals surface area contributed by atoms with Gasteiger partial charge in [0.1, 0.15) is 6.10 Å². The highest BCUT2D eigenvalue weighted by atomic mass is 16.5. The Balaban J connectivity index is 1.66. The summed E-state index contributed by atoms with van der Waals surface area (Å²) >= 11 is 0. The number of benzene rings is 2. The lowest BCUT2D eigenvalue weighted by molar-refractivity contribution is -0.175. The fourth-order valence-electron chi connectivity index (χ4n) is 4.55. The van der Waals surface area contributed by atoms with Crippen molar-refractivity contribution in [2.45, 2.75) is 31.0 Å². The van der Waals surface area contributed by atoms with Crippen molar-refractivity contribution in [2.75, 3.05) is 40.4 Å². The van der Waals surface area contributed by atoms with Gasteiger partial charge in [0.05, 0.1) is 13.2 Å². The molecule has 2 atom stereocenters. The fourth-order valence-corrected chi connectivity index (χ4v) is 4.55. The highest BCUT2D eigenvalue weighted by Gasteiger charge is 2.47. The number of hydrogen-bond acceptors (Lipinski definition) is 4. The first-order valence-corrected chi connectivity index (χ1v) is 10.9. The van der Waals surface area contributed by atoms with Gasteiger partial charge in [-0.05, 0) is 29.5 Å². The molecule has 4 rings (SSSR count). The van der Waals surface area contributed by atoms with E-state index in [-0.39, 0.29) is 18.4 Å². The van der Waals surface area contributed by atoms with E-state index in [1.165, 1.54) is 0 Å². The molecule has 6 nitrogen and oxygen atoms in total. The van der Waals surface area contributed by atoms with Crippen LogP contribution in [0, 0.1) is 0 Å². The summed E-state index contributed by atoms with van der Waals surface area (Å²) in [7, 11) is 3.47. The molecule has 164 valence electrons. The minimum atomic E-state index is -1.12. The van der Waals surface area contributed by atoms with Gasteiger partial charge in [-0.2, -0.15) is 0 Å². The molecule has 2 fully saturated rings. The Kier molecular flexibility index (Phi) is 6.39. The Labute approximate surface area is 183 Å². The molecule has 0 bridgehead atoms. The number of nitrogens with zero attached hydrogens (tertiary/aromatic N) is 2. The average molecular weight is 423 g/mol. The number of morpholine rings is 1. The van der Waals surface area contributed by atoms with E-state index in [1.54, 1.807) is 23.9 Å². The molecule has 0 aliphatic carbocycles. The maximum Gasteiger partial charge on any atom is 0.256 e. The molecule has 2 unspecified atom stereocenters. The van der Waals surface area contributed by atoms with Gasteiger partial charge in [0.15, 0.2) is 5.60 Å². The molecular weight excluding hydrogens is 392 g/mol. The highest BCUT2D eigenvalue weighted by Crippen LogP contribution is 2.32. The number of ether oxygens (including phenoxy) is 2.